The van der Waals surface area contributed by atoms with Crippen LogP contribution in [0.25, 0.3) is 0 Å². The van der Waals surface area contributed by atoms with E-state index in [1.807, 2.05) is 13.8 Å². The SMILES string of the molecule is CC(C)CC(=O)Nc1ccc(C(=O)CN2C(=O)NC(C)(c3ccccc3F)C2=O)cc1. The van der Waals surface area contributed by atoms with Gasteiger partial charge >= 0.3 is 6.03 Å². The van der Waals surface area contributed by atoms with Crippen molar-refractivity contribution in [3.8, 4) is 0 Å². The number of amides is 4. The third-order valence-corrected chi connectivity index (χ3v) is 5.07. The van der Waals surface area contributed by atoms with Crippen molar-refractivity contribution in [1.29, 1.82) is 0 Å². The second-order valence-corrected chi connectivity index (χ2v) is 8.07. The number of anilines is 1. The zero-order chi connectivity index (χ0) is 22.8. The number of carbonyl (C=O) groups is 4. The van der Waals surface area contributed by atoms with Crippen molar-refractivity contribution in [1.82, 2.24) is 10.2 Å². The largest absolute Gasteiger partial charge is 0.326 e. The Labute approximate surface area is 179 Å². The fraction of sp³-hybridized carbons (Fsp3) is 0.304. The van der Waals surface area contributed by atoms with Crippen molar-refractivity contribution in [2.75, 3.05) is 11.9 Å². The van der Waals surface area contributed by atoms with E-state index in [0.717, 1.165) is 4.90 Å². The fourth-order valence-electron chi connectivity index (χ4n) is 3.45. The Bertz CT molecular complexity index is 1040. The van der Waals surface area contributed by atoms with Crippen molar-refractivity contribution in [3.05, 3.63) is 65.5 Å². The molecule has 1 fully saturated rings. The number of carbonyl (C=O) groups excluding carboxylic acids is 4. The molecule has 0 aromatic heterocycles. The molecule has 0 bridgehead atoms. The van der Waals surface area contributed by atoms with E-state index >= 15 is 0 Å². The summed E-state index contributed by atoms with van der Waals surface area (Å²) in [6.45, 7) is 4.81. The van der Waals surface area contributed by atoms with E-state index in [1.165, 1.54) is 37.3 Å². The monoisotopic (exact) mass is 425 g/mol. The number of ketones is 1. The van der Waals surface area contributed by atoms with Gasteiger partial charge in [0.1, 0.15) is 11.4 Å². The number of hydrogen-bond donors (Lipinski definition) is 2. The number of hydrogen-bond acceptors (Lipinski definition) is 4. The highest BCUT2D eigenvalue weighted by molar-refractivity contribution is 6.11. The Kier molecular flexibility index (Phi) is 6.19. The predicted molar refractivity (Wildman–Crippen MR) is 113 cm³/mol. The van der Waals surface area contributed by atoms with Gasteiger partial charge in [-0.3, -0.25) is 19.3 Å². The minimum atomic E-state index is -1.59. The molecule has 1 heterocycles. The quantitative estimate of drug-likeness (QED) is 0.525. The maximum Gasteiger partial charge on any atom is 0.325 e. The molecule has 31 heavy (non-hydrogen) atoms. The van der Waals surface area contributed by atoms with E-state index in [-0.39, 0.29) is 23.0 Å². The van der Waals surface area contributed by atoms with Gasteiger partial charge in [-0.15, -0.1) is 0 Å². The Morgan fingerprint density at radius 1 is 1.10 bits per heavy atom. The average Bonchev–Trinajstić information content (AvgIpc) is 2.92. The van der Waals surface area contributed by atoms with E-state index < -0.39 is 35.6 Å². The zero-order valence-electron chi connectivity index (χ0n) is 17.6. The van der Waals surface area contributed by atoms with Crippen molar-refractivity contribution in [3.63, 3.8) is 0 Å². The van der Waals surface area contributed by atoms with Gasteiger partial charge in [-0.25, -0.2) is 9.18 Å². The van der Waals surface area contributed by atoms with Gasteiger partial charge in [-0.2, -0.15) is 0 Å². The van der Waals surface area contributed by atoms with Crippen LogP contribution in [0.1, 0.15) is 43.1 Å². The first kappa shape index (κ1) is 22.1. The first-order valence-electron chi connectivity index (χ1n) is 9.94. The van der Waals surface area contributed by atoms with Crippen LogP contribution >= 0.6 is 0 Å². The van der Waals surface area contributed by atoms with Crippen LogP contribution in [0.15, 0.2) is 48.5 Å². The van der Waals surface area contributed by atoms with Crippen LogP contribution in [0.3, 0.4) is 0 Å². The fourth-order valence-corrected chi connectivity index (χ4v) is 3.45. The maximum atomic E-state index is 14.2. The van der Waals surface area contributed by atoms with Crippen molar-refractivity contribution < 1.29 is 23.6 Å². The second kappa shape index (κ2) is 8.67. The minimum Gasteiger partial charge on any atom is -0.326 e. The molecule has 1 saturated heterocycles. The summed E-state index contributed by atoms with van der Waals surface area (Å²) >= 11 is 0. The van der Waals surface area contributed by atoms with Gasteiger partial charge in [0.2, 0.25) is 5.91 Å². The number of imide groups is 1. The van der Waals surface area contributed by atoms with Crippen molar-refractivity contribution in [2.45, 2.75) is 32.7 Å². The molecule has 2 aromatic rings. The van der Waals surface area contributed by atoms with E-state index in [1.54, 1.807) is 18.2 Å². The molecule has 0 aliphatic carbocycles. The van der Waals surface area contributed by atoms with E-state index in [2.05, 4.69) is 10.6 Å². The molecule has 0 saturated carbocycles. The second-order valence-electron chi connectivity index (χ2n) is 8.07. The van der Waals surface area contributed by atoms with Crippen LogP contribution in [0.4, 0.5) is 14.9 Å². The Morgan fingerprint density at radius 2 is 1.74 bits per heavy atom. The van der Waals surface area contributed by atoms with Crippen LogP contribution < -0.4 is 10.6 Å². The van der Waals surface area contributed by atoms with E-state index in [0.29, 0.717) is 12.1 Å². The first-order valence-corrected chi connectivity index (χ1v) is 9.94. The molecule has 3 rings (SSSR count). The lowest BCUT2D eigenvalue weighted by Gasteiger charge is -2.22. The molecule has 2 aromatic carbocycles. The highest BCUT2D eigenvalue weighted by Crippen LogP contribution is 2.30. The Morgan fingerprint density at radius 3 is 2.35 bits per heavy atom. The lowest BCUT2D eigenvalue weighted by atomic mass is 9.91. The summed E-state index contributed by atoms with van der Waals surface area (Å²) in [6.07, 6.45) is 0.383. The molecular weight excluding hydrogens is 401 g/mol. The van der Waals surface area contributed by atoms with Crippen LogP contribution in [-0.4, -0.2) is 35.1 Å². The molecule has 1 aliphatic heterocycles. The van der Waals surface area contributed by atoms with Crippen LogP contribution in [0.2, 0.25) is 0 Å². The smallest absolute Gasteiger partial charge is 0.325 e. The molecule has 1 aliphatic rings. The molecule has 2 N–H and O–H groups in total. The summed E-state index contributed by atoms with van der Waals surface area (Å²) in [4.78, 5) is 50.6. The molecule has 8 heteroatoms. The van der Waals surface area contributed by atoms with Crippen LogP contribution in [0, 0.1) is 11.7 Å². The molecule has 7 nitrogen and oxygen atoms in total. The molecule has 0 radical (unpaired) electrons. The topological polar surface area (TPSA) is 95.6 Å². The Balaban J connectivity index is 1.70. The molecule has 162 valence electrons. The number of benzene rings is 2. The highest BCUT2D eigenvalue weighted by Gasteiger charge is 2.50. The summed E-state index contributed by atoms with van der Waals surface area (Å²) in [6, 6.07) is 11.1. The van der Waals surface area contributed by atoms with Gasteiger partial charge < -0.3 is 10.6 Å². The minimum absolute atomic E-state index is 0.0322. The number of urea groups is 1. The predicted octanol–water partition coefficient (Wildman–Crippen LogP) is 3.46. The van der Waals surface area contributed by atoms with E-state index in [9.17, 15) is 23.6 Å². The molecule has 1 unspecified atom stereocenters. The van der Waals surface area contributed by atoms with Gasteiger partial charge in [0.25, 0.3) is 5.91 Å². The maximum absolute atomic E-state index is 14.2. The van der Waals surface area contributed by atoms with Crippen LogP contribution in [-0.2, 0) is 15.1 Å². The van der Waals surface area contributed by atoms with Gasteiger partial charge in [0.15, 0.2) is 5.78 Å². The lowest BCUT2D eigenvalue weighted by Crippen LogP contribution is -2.42. The molecular formula is C23H24FN3O4. The number of nitrogens with one attached hydrogen (secondary N) is 2. The van der Waals surface area contributed by atoms with Gasteiger partial charge in [-0.05, 0) is 43.2 Å². The number of nitrogens with zero attached hydrogens (tertiary/aromatic N) is 1. The normalized spacial score (nSPS) is 18.3. The molecule has 1 atom stereocenters. The lowest BCUT2D eigenvalue weighted by molar-refractivity contribution is -0.130. The summed E-state index contributed by atoms with van der Waals surface area (Å²) < 4.78 is 14.2. The molecule has 4 amide bonds. The van der Waals surface area contributed by atoms with E-state index in [4.69, 9.17) is 0 Å². The highest BCUT2D eigenvalue weighted by atomic mass is 19.1. The number of halogens is 1. The van der Waals surface area contributed by atoms with Gasteiger partial charge in [-0.1, -0.05) is 32.0 Å². The van der Waals surface area contributed by atoms with Crippen LogP contribution in [0.5, 0.6) is 0 Å². The molecule has 0 spiro atoms. The Hall–Kier alpha value is -3.55. The summed E-state index contributed by atoms with van der Waals surface area (Å²) in [5.41, 5.74) is -0.733. The number of rotatable bonds is 7. The van der Waals surface area contributed by atoms with Gasteiger partial charge in [0, 0.05) is 23.2 Å². The zero-order valence-corrected chi connectivity index (χ0v) is 17.6. The third-order valence-electron chi connectivity index (χ3n) is 5.07. The third kappa shape index (κ3) is 4.63. The summed E-state index contributed by atoms with van der Waals surface area (Å²) in [5.74, 6) is -1.68. The van der Waals surface area contributed by atoms with Gasteiger partial charge in [0.05, 0.1) is 6.54 Å². The summed E-state index contributed by atoms with van der Waals surface area (Å²) in [7, 11) is 0. The average molecular weight is 425 g/mol. The summed E-state index contributed by atoms with van der Waals surface area (Å²) in [5, 5.41) is 5.23. The van der Waals surface area contributed by atoms with Crippen molar-refractivity contribution >= 4 is 29.3 Å². The standard InChI is InChI=1S/C23H24FN3O4/c1-14(2)12-20(29)25-16-10-8-15(9-11-16)19(28)13-27-21(30)23(3,26-22(27)31)17-6-4-5-7-18(17)24/h4-11,14H,12-13H2,1-3H3,(H,25,29)(H,26,31). The first-order chi connectivity index (χ1) is 14.6. The number of Topliss-reactive ketones (excluding diaryl/α,β-unsaturated/α-hetero) is 1. The van der Waals surface area contributed by atoms with Crippen molar-refractivity contribution in [2.24, 2.45) is 5.92 Å².